The van der Waals surface area contributed by atoms with Crippen molar-refractivity contribution in [2.75, 3.05) is 6.54 Å². The smallest absolute Gasteiger partial charge is 0.199 e. The Balaban J connectivity index is 1.96. The Morgan fingerprint density at radius 3 is 2.17 bits per heavy atom. The van der Waals surface area contributed by atoms with Gasteiger partial charge in [-0.25, -0.2) is 0 Å². The summed E-state index contributed by atoms with van der Waals surface area (Å²) in [7, 11) is -3.27. The van der Waals surface area contributed by atoms with E-state index in [0.29, 0.717) is 6.54 Å². The van der Waals surface area contributed by atoms with Gasteiger partial charge in [0.1, 0.15) is 0 Å². The first kappa shape index (κ1) is 14.3. The van der Waals surface area contributed by atoms with Crippen molar-refractivity contribution >= 4 is 10.2 Å². The number of rotatable bonds is 3. The topological polar surface area (TPSA) is 49.4 Å². The van der Waals surface area contributed by atoms with Crippen LogP contribution in [-0.4, -0.2) is 31.4 Å². The molecule has 0 bridgehead atoms. The molecule has 5 heteroatoms. The van der Waals surface area contributed by atoms with E-state index in [2.05, 4.69) is 4.72 Å². The Morgan fingerprint density at radius 1 is 0.944 bits per heavy atom. The van der Waals surface area contributed by atoms with E-state index >= 15 is 0 Å². The number of nitrogens with one attached hydrogen (secondary N) is 1. The molecule has 1 atom stereocenters. The lowest BCUT2D eigenvalue weighted by Crippen LogP contribution is -2.50. The quantitative estimate of drug-likeness (QED) is 0.804. The molecule has 1 unspecified atom stereocenters. The van der Waals surface area contributed by atoms with Gasteiger partial charge in [0.2, 0.25) is 0 Å². The lowest BCUT2D eigenvalue weighted by Gasteiger charge is -2.33. The van der Waals surface area contributed by atoms with Crippen LogP contribution in [0.2, 0.25) is 0 Å². The van der Waals surface area contributed by atoms with Crippen LogP contribution in [0.3, 0.4) is 0 Å². The normalized spacial score (nSPS) is 29.1. The molecule has 1 saturated carbocycles. The largest absolute Gasteiger partial charge is 0.279 e. The molecule has 0 amide bonds. The monoisotopic (exact) mass is 274 g/mol. The maximum atomic E-state index is 12.4. The summed E-state index contributed by atoms with van der Waals surface area (Å²) in [6.45, 7) is 2.70. The molecule has 18 heavy (non-hydrogen) atoms. The average Bonchev–Trinajstić information content (AvgIpc) is 2.57. The van der Waals surface area contributed by atoms with Crippen molar-refractivity contribution in [1.29, 1.82) is 0 Å². The van der Waals surface area contributed by atoms with Crippen molar-refractivity contribution < 1.29 is 8.42 Å². The highest BCUT2D eigenvalue weighted by molar-refractivity contribution is 7.87. The molecule has 2 rings (SSSR count). The first-order chi connectivity index (χ1) is 8.59. The zero-order valence-electron chi connectivity index (χ0n) is 11.4. The van der Waals surface area contributed by atoms with Gasteiger partial charge in [-0.05, 0) is 32.6 Å². The number of hydrogen-bond acceptors (Lipinski definition) is 2. The minimum Gasteiger partial charge on any atom is -0.199 e. The highest BCUT2D eigenvalue weighted by Gasteiger charge is 2.31. The zero-order valence-corrected chi connectivity index (χ0v) is 12.2. The van der Waals surface area contributed by atoms with E-state index in [-0.39, 0.29) is 12.1 Å². The molecule has 1 saturated heterocycles. The predicted molar refractivity (Wildman–Crippen MR) is 73.6 cm³/mol. The van der Waals surface area contributed by atoms with Crippen molar-refractivity contribution in [1.82, 2.24) is 9.03 Å². The van der Waals surface area contributed by atoms with Crippen LogP contribution in [0.15, 0.2) is 0 Å². The summed E-state index contributed by atoms with van der Waals surface area (Å²) >= 11 is 0. The summed E-state index contributed by atoms with van der Waals surface area (Å²) in [5.74, 6) is 0. The zero-order chi connectivity index (χ0) is 13.0. The van der Waals surface area contributed by atoms with Gasteiger partial charge in [0, 0.05) is 18.6 Å². The number of nitrogens with zero attached hydrogens (tertiary/aromatic N) is 1. The Kier molecular flexibility index (Phi) is 5.04. The van der Waals surface area contributed by atoms with Gasteiger partial charge in [-0.2, -0.15) is 17.4 Å². The molecule has 0 aromatic carbocycles. The van der Waals surface area contributed by atoms with Crippen LogP contribution < -0.4 is 4.72 Å². The summed E-state index contributed by atoms with van der Waals surface area (Å²) in [6, 6.07) is 0.314. The van der Waals surface area contributed by atoms with E-state index in [1.54, 1.807) is 4.31 Å². The second-order valence-corrected chi connectivity index (χ2v) is 7.42. The Labute approximate surface area is 111 Å². The van der Waals surface area contributed by atoms with Crippen molar-refractivity contribution in [2.24, 2.45) is 0 Å². The maximum Gasteiger partial charge on any atom is 0.279 e. The van der Waals surface area contributed by atoms with Gasteiger partial charge in [0.05, 0.1) is 0 Å². The summed E-state index contributed by atoms with van der Waals surface area (Å²) < 4.78 is 29.4. The minimum absolute atomic E-state index is 0.155. The predicted octanol–water partition coefficient (Wildman–Crippen LogP) is 2.42. The van der Waals surface area contributed by atoms with E-state index in [9.17, 15) is 8.42 Å². The molecule has 0 aromatic rings. The van der Waals surface area contributed by atoms with E-state index in [0.717, 1.165) is 44.9 Å². The third-order valence-corrected chi connectivity index (χ3v) is 6.01. The van der Waals surface area contributed by atoms with E-state index in [4.69, 9.17) is 0 Å². The fourth-order valence-corrected chi connectivity index (χ4v) is 4.85. The van der Waals surface area contributed by atoms with Gasteiger partial charge >= 0.3 is 0 Å². The van der Waals surface area contributed by atoms with Crippen LogP contribution in [0.1, 0.15) is 64.7 Å². The van der Waals surface area contributed by atoms with Crippen LogP contribution in [0, 0.1) is 0 Å². The Morgan fingerprint density at radius 2 is 1.56 bits per heavy atom. The highest BCUT2D eigenvalue weighted by atomic mass is 32.2. The van der Waals surface area contributed by atoms with Crippen molar-refractivity contribution in [2.45, 2.75) is 76.8 Å². The second kappa shape index (κ2) is 6.35. The van der Waals surface area contributed by atoms with Crippen molar-refractivity contribution in [3.05, 3.63) is 0 Å². The fourth-order valence-electron chi connectivity index (χ4n) is 3.10. The molecule has 0 aromatic heterocycles. The molecular formula is C13H26N2O2S. The van der Waals surface area contributed by atoms with Crippen molar-refractivity contribution in [3.8, 4) is 0 Å². The summed E-state index contributed by atoms with van der Waals surface area (Å²) in [6.07, 6.45) is 9.95. The summed E-state index contributed by atoms with van der Waals surface area (Å²) in [5, 5.41) is 0. The third kappa shape index (κ3) is 3.68. The molecular weight excluding hydrogens is 248 g/mol. The molecule has 1 aliphatic heterocycles. The van der Waals surface area contributed by atoms with Crippen LogP contribution in [-0.2, 0) is 10.2 Å². The van der Waals surface area contributed by atoms with Gasteiger partial charge in [0.15, 0.2) is 0 Å². The first-order valence-electron chi connectivity index (χ1n) is 7.39. The van der Waals surface area contributed by atoms with Crippen LogP contribution >= 0.6 is 0 Å². The highest BCUT2D eigenvalue weighted by Crippen LogP contribution is 2.22. The van der Waals surface area contributed by atoms with Gasteiger partial charge in [-0.1, -0.05) is 32.1 Å². The fraction of sp³-hybridized carbons (Fsp3) is 1.00. The lowest BCUT2D eigenvalue weighted by molar-refractivity contribution is 0.263. The molecule has 1 heterocycles. The average molecular weight is 274 g/mol. The molecule has 2 fully saturated rings. The second-order valence-electron chi connectivity index (χ2n) is 5.77. The molecule has 2 aliphatic rings. The third-order valence-electron chi connectivity index (χ3n) is 4.22. The molecule has 0 radical (unpaired) electrons. The molecule has 1 aliphatic carbocycles. The molecule has 106 valence electrons. The lowest BCUT2D eigenvalue weighted by atomic mass is 10.1. The van der Waals surface area contributed by atoms with Crippen LogP contribution in [0.5, 0.6) is 0 Å². The van der Waals surface area contributed by atoms with Crippen LogP contribution in [0.4, 0.5) is 0 Å². The minimum atomic E-state index is -3.27. The molecule has 0 spiro atoms. The van der Waals surface area contributed by atoms with E-state index in [1.165, 1.54) is 12.8 Å². The standard InChI is InChI=1S/C13H26N2O2S/c1-12-8-6-7-11-15(12)18(16,17)14-13-9-4-2-3-5-10-13/h12-14H,2-11H2,1H3. The van der Waals surface area contributed by atoms with Gasteiger partial charge < -0.3 is 0 Å². The summed E-state index contributed by atoms with van der Waals surface area (Å²) in [4.78, 5) is 0. The Hall–Kier alpha value is -0.130. The van der Waals surface area contributed by atoms with Gasteiger partial charge in [-0.3, -0.25) is 0 Å². The van der Waals surface area contributed by atoms with Crippen LogP contribution in [0.25, 0.3) is 0 Å². The summed E-state index contributed by atoms with van der Waals surface area (Å²) in [5.41, 5.74) is 0. The number of hydrogen-bond donors (Lipinski definition) is 1. The van der Waals surface area contributed by atoms with Crippen molar-refractivity contribution in [3.63, 3.8) is 0 Å². The molecule has 4 nitrogen and oxygen atoms in total. The van der Waals surface area contributed by atoms with E-state index < -0.39 is 10.2 Å². The Bertz CT molecular complexity index is 348. The van der Waals surface area contributed by atoms with Gasteiger partial charge in [0.25, 0.3) is 10.2 Å². The SMILES string of the molecule is CC1CCCCN1S(=O)(=O)NC1CCCCCC1. The first-order valence-corrected chi connectivity index (χ1v) is 8.83. The maximum absolute atomic E-state index is 12.4. The van der Waals surface area contributed by atoms with E-state index in [1.807, 2.05) is 6.92 Å². The van der Waals surface area contributed by atoms with Gasteiger partial charge in [-0.15, -0.1) is 0 Å². The number of piperidine rings is 1. The molecule has 1 N–H and O–H groups in total.